The number of carboxylic acid groups (broad SMARTS) is 1. The van der Waals surface area contributed by atoms with Crippen LogP contribution in [0.5, 0.6) is 0 Å². The summed E-state index contributed by atoms with van der Waals surface area (Å²) >= 11 is 0. The van der Waals surface area contributed by atoms with E-state index in [9.17, 15) is 9.59 Å². The Morgan fingerprint density at radius 1 is 1.85 bits per heavy atom. The lowest BCUT2D eigenvalue weighted by Gasteiger charge is -2.02. The van der Waals surface area contributed by atoms with Gasteiger partial charge in [-0.15, -0.1) is 0 Å². The highest BCUT2D eigenvalue weighted by Crippen LogP contribution is 1.98. The van der Waals surface area contributed by atoms with Crippen molar-refractivity contribution < 1.29 is 14.7 Å². The number of nitrogens with two attached hydrogens (primary N) is 1. The van der Waals surface area contributed by atoms with Crippen LogP contribution in [-0.2, 0) is 11.2 Å². The molecule has 0 spiro atoms. The second kappa shape index (κ2) is 3.81. The van der Waals surface area contributed by atoms with Gasteiger partial charge in [-0.1, -0.05) is 0 Å². The van der Waals surface area contributed by atoms with Gasteiger partial charge in [0.25, 0.3) is 0 Å². The highest BCUT2D eigenvalue weighted by atomic mass is 16.4. The molecule has 0 saturated carbocycles. The van der Waals surface area contributed by atoms with Crippen LogP contribution in [0.4, 0.5) is 0 Å². The zero-order chi connectivity index (χ0) is 9.84. The molecule has 1 unspecified atom stereocenters. The van der Waals surface area contributed by atoms with Crippen LogP contribution in [0.25, 0.3) is 0 Å². The molecule has 1 aromatic heterocycles. The maximum absolute atomic E-state index is 10.4. The maximum atomic E-state index is 10.4. The van der Waals surface area contributed by atoms with Gasteiger partial charge >= 0.3 is 5.97 Å². The van der Waals surface area contributed by atoms with Crippen LogP contribution in [0.2, 0.25) is 0 Å². The first-order valence-corrected chi connectivity index (χ1v) is 3.61. The lowest BCUT2D eigenvalue weighted by atomic mass is 10.2. The normalized spacial score (nSPS) is 12.4. The number of rotatable bonds is 4. The van der Waals surface area contributed by atoms with Crippen molar-refractivity contribution in [1.29, 1.82) is 0 Å². The molecule has 0 amide bonds. The van der Waals surface area contributed by atoms with Crippen molar-refractivity contribution in [2.45, 2.75) is 12.5 Å². The third kappa shape index (κ3) is 2.38. The second-order valence-electron chi connectivity index (χ2n) is 2.56. The number of aromatic amines is 1. The zero-order valence-corrected chi connectivity index (χ0v) is 6.73. The Bertz CT molecular complexity index is 321. The van der Waals surface area contributed by atoms with Crippen molar-refractivity contribution in [3.05, 3.63) is 17.7 Å². The van der Waals surface area contributed by atoms with Crippen LogP contribution >= 0.6 is 0 Å². The number of aliphatic carboxylic acids is 1. The van der Waals surface area contributed by atoms with Crippen LogP contribution in [-0.4, -0.2) is 33.4 Å². The predicted molar refractivity (Wildman–Crippen MR) is 43.3 cm³/mol. The summed E-state index contributed by atoms with van der Waals surface area (Å²) in [5, 5.41) is 8.48. The smallest absolute Gasteiger partial charge is 0.320 e. The number of aldehydes is 1. The molecule has 13 heavy (non-hydrogen) atoms. The van der Waals surface area contributed by atoms with Gasteiger partial charge in [-0.2, -0.15) is 0 Å². The SMILES string of the molecule is NC(Cc1cnc(C=O)[nH]1)C(=O)O. The van der Waals surface area contributed by atoms with Crippen molar-refractivity contribution in [2.75, 3.05) is 0 Å². The minimum atomic E-state index is -1.08. The molecule has 1 rings (SSSR count). The Morgan fingerprint density at radius 3 is 3.00 bits per heavy atom. The Hall–Kier alpha value is -1.69. The van der Waals surface area contributed by atoms with E-state index < -0.39 is 12.0 Å². The van der Waals surface area contributed by atoms with Crippen molar-refractivity contribution in [1.82, 2.24) is 9.97 Å². The number of nitrogens with zero attached hydrogens (tertiary/aromatic N) is 1. The molecule has 0 bridgehead atoms. The molecule has 0 radical (unpaired) electrons. The molecule has 0 aliphatic rings. The first kappa shape index (κ1) is 9.40. The van der Waals surface area contributed by atoms with Gasteiger partial charge in [-0.3, -0.25) is 9.59 Å². The van der Waals surface area contributed by atoms with E-state index in [-0.39, 0.29) is 12.2 Å². The maximum Gasteiger partial charge on any atom is 0.320 e. The third-order valence-electron chi connectivity index (χ3n) is 1.52. The van der Waals surface area contributed by atoms with Crippen molar-refractivity contribution in [3.8, 4) is 0 Å². The van der Waals surface area contributed by atoms with Crippen LogP contribution < -0.4 is 5.73 Å². The number of hydrogen-bond acceptors (Lipinski definition) is 4. The number of imidazole rings is 1. The van der Waals surface area contributed by atoms with Crippen molar-refractivity contribution in [3.63, 3.8) is 0 Å². The summed E-state index contributed by atoms with van der Waals surface area (Å²) in [7, 11) is 0. The third-order valence-corrected chi connectivity index (χ3v) is 1.52. The molecule has 0 saturated heterocycles. The van der Waals surface area contributed by atoms with Gasteiger partial charge in [-0.25, -0.2) is 4.98 Å². The van der Waals surface area contributed by atoms with E-state index in [1.54, 1.807) is 0 Å². The van der Waals surface area contributed by atoms with E-state index in [4.69, 9.17) is 10.8 Å². The molecule has 0 aliphatic heterocycles. The first-order valence-electron chi connectivity index (χ1n) is 3.61. The summed E-state index contributed by atoms with van der Waals surface area (Å²) in [5.41, 5.74) is 5.80. The van der Waals surface area contributed by atoms with Crippen molar-refractivity contribution >= 4 is 12.3 Å². The lowest BCUT2D eigenvalue weighted by molar-refractivity contribution is -0.138. The molecule has 1 atom stereocenters. The average Bonchev–Trinajstić information content (AvgIpc) is 2.52. The van der Waals surface area contributed by atoms with Crippen LogP contribution in [0.15, 0.2) is 6.20 Å². The van der Waals surface area contributed by atoms with Crippen LogP contribution in [0.1, 0.15) is 16.3 Å². The molecule has 0 fully saturated rings. The van der Waals surface area contributed by atoms with Gasteiger partial charge in [0.2, 0.25) is 0 Å². The molecule has 4 N–H and O–H groups in total. The number of aromatic nitrogens is 2. The molecule has 6 nitrogen and oxygen atoms in total. The van der Waals surface area contributed by atoms with E-state index in [1.807, 2.05) is 0 Å². The number of carbonyl (C=O) groups is 2. The van der Waals surface area contributed by atoms with Gasteiger partial charge < -0.3 is 15.8 Å². The van der Waals surface area contributed by atoms with Gasteiger partial charge in [0.15, 0.2) is 12.1 Å². The second-order valence-corrected chi connectivity index (χ2v) is 2.56. The molecule has 1 aromatic rings. The van der Waals surface area contributed by atoms with Crippen LogP contribution in [0, 0.1) is 0 Å². The van der Waals surface area contributed by atoms with Crippen LogP contribution in [0.3, 0.4) is 0 Å². The highest BCUT2D eigenvalue weighted by molar-refractivity contribution is 5.73. The summed E-state index contributed by atoms with van der Waals surface area (Å²) < 4.78 is 0. The standard InChI is InChI=1S/C7H9N3O3/c8-5(7(12)13)1-4-2-9-6(3-11)10-4/h2-3,5H,1,8H2,(H,9,10)(H,12,13). The number of hydrogen-bond donors (Lipinski definition) is 3. The quantitative estimate of drug-likeness (QED) is 0.528. The fourth-order valence-corrected chi connectivity index (χ4v) is 0.864. The minimum Gasteiger partial charge on any atom is -0.480 e. The minimum absolute atomic E-state index is 0.135. The Labute approximate surface area is 73.8 Å². The number of carboxylic acids is 1. The summed E-state index contributed by atoms with van der Waals surface area (Å²) in [6, 6.07) is -0.972. The van der Waals surface area contributed by atoms with Gasteiger partial charge in [0.05, 0.1) is 0 Å². The predicted octanol–water partition coefficient (Wildman–Crippen LogP) is -0.823. The molecule has 0 aliphatic carbocycles. The van der Waals surface area contributed by atoms with E-state index >= 15 is 0 Å². The summed E-state index contributed by atoms with van der Waals surface area (Å²) in [4.78, 5) is 26.9. The van der Waals surface area contributed by atoms with E-state index in [0.29, 0.717) is 12.0 Å². The molecule has 70 valence electrons. The average molecular weight is 183 g/mol. The number of nitrogens with one attached hydrogen (secondary N) is 1. The fraction of sp³-hybridized carbons (Fsp3) is 0.286. The van der Waals surface area contributed by atoms with Gasteiger partial charge in [-0.05, 0) is 0 Å². The van der Waals surface area contributed by atoms with E-state index in [2.05, 4.69) is 9.97 Å². The molecule has 6 heteroatoms. The monoisotopic (exact) mass is 183 g/mol. The first-order chi connectivity index (χ1) is 6.13. The Kier molecular flexibility index (Phi) is 2.76. The zero-order valence-electron chi connectivity index (χ0n) is 6.73. The Balaban J connectivity index is 2.63. The van der Waals surface area contributed by atoms with Gasteiger partial charge in [0.1, 0.15) is 6.04 Å². The highest BCUT2D eigenvalue weighted by Gasteiger charge is 2.13. The number of carbonyl (C=O) groups excluding carboxylic acids is 1. The summed E-state index contributed by atoms with van der Waals surface area (Å²) in [6.45, 7) is 0. The fourth-order valence-electron chi connectivity index (χ4n) is 0.864. The number of H-pyrrole nitrogens is 1. The van der Waals surface area contributed by atoms with Gasteiger partial charge in [0, 0.05) is 18.3 Å². The molecular weight excluding hydrogens is 174 g/mol. The molecule has 0 aromatic carbocycles. The lowest BCUT2D eigenvalue weighted by Crippen LogP contribution is -2.32. The van der Waals surface area contributed by atoms with E-state index in [1.165, 1.54) is 6.20 Å². The largest absolute Gasteiger partial charge is 0.480 e. The van der Waals surface area contributed by atoms with Crippen molar-refractivity contribution in [2.24, 2.45) is 5.73 Å². The molecule has 1 heterocycles. The summed E-state index contributed by atoms with van der Waals surface area (Å²) in [5.74, 6) is -0.908. The van der Waals surface area contributed by atoms with E-state index in [0.717, 1.165) is 0 Å². The topological polar surface area (TPSA) is 109 Å². The Morgan fingerprint density at radius 2 is 2.54 bits per heavy atom. The summed E-state index contributed by atoms with van der Waals surface area (Å²) in [6.07, 6.45) is 2.08. The molecular formula is C7H9N3O3.